The molecule has 6 nitrogen and oxygen atoms in total. The minimum Gasteiger partial charge on any atom is -0.478 e. The maximum absolute atomic E-state index is 11.4. The van der Waals surface area contributed by atoms with Gasteiger partial charge >= 0.3 is 17.9 Å². The molecule has 0 radical (unpaired) electrons. The summed E-state index contributed by atoms with van der Waals surface area (Å²) in [6, 6.07) is 5.31. The van der Waals surface area contributed by atoms with Gasteiger partial charge in [-0.15, -0.1) is 0 Å². The van der Waals surface area contributed by atoms with Gasteiger partial charge < -0.3 is 20.1 Å². The molecule has 6 heteroatoms. The lowest BCUT2D eigenvalue weighted by Crippen LogP contribution is -2.31. The van der Waals surface area contributed by atoms with Gasteiger partial charge in [-0.3, -0.25) is 0 Å². The highest BCUT2D eigenvalue weighted by atomic mass is 16.8. The molecule has 0 amide bonds. The number of aliphatic hydroxyl groups is 2. The maximum atomic E-state index is 11.4. The number of carbonyl (C=O) groups excluding carboxylic acids is 1. The molecule has 0 unspecified atom stereocenters. The van der Waals surface area contributed by atoms with E-state index in [1.807, 2.05) is 0 Å². The van der Waals surface area contributed by atoms with Crippen LogP contribution in [0.3, 0.4) is 0 Å². The van der Waals surface area contributed by atoms with Crippen LogP contribution in [-0.4, -0.2) is 33.2 Å². The van der Waals surface area contributed by atoms with E-state index in [-0.39, 0.29) is 11.1 Å². The van der Waals surface area contributed by atoms with E-state index in [1.165, 1.54) is 24.3 Å². The molecular weight excluding hydrogens is 216 g/mol. The van der Waals surface area contributed by atoms with Gasteiger partial charge in [0.2, 0.25) is 0 Å². The number of carboxylic acid groups (broad SMARTS) is 1. The minimum absolute atomic E-state index is 0.246. The Balaban J connectivity index is 3.04. The number of carboxylic acids is 1. The van der Waals surface area contributed by atoms with Crippen LogP contribution in [0.2, 0.25) is 0 Å². The van der Waals surface area contributed by atoms with Crippen molar-refractivity contribution >= 4 is 11.9 Å². The van der Waals surface area contributed by atoms with Crippen LogP contribution >= 0.6 is 0 Å². The zero-order valence-corrected chi connectivity index (χ0v) is 8.38. The Kier molecular flexibility index (Phi) is 3.26. The van der Waals surface area contributed by atoms with E-state index in [0.717, 1.165) is 6.92 Å². The molecule has 0 fully saturated rings. The van der Waals surface area contributed by atoms with Crippen LogP contribution in [0, 0.1) is 0 Å². The van der Waals surface area contributed by atoms with Gasteiger partial charge in [0.25, 0.3) is 0 Å². The van der Waals surface area contributed by atoms with Crippen LogP contribution in [0.1, 0.15) is 27.6 Å². The number of aromatic carboxylic acids is 1. The fourth-order valence-corrected chi connectivity index (χ4v) is 1.08. The first-order valence-electron chi connectivity index (χ1n) is 4.31. The van der Waals surface area contributed by atoms with Gasteiger partial charge in [-0.1, -0.05) is 12.1 Å². The van der Waals surface area contributed by atoms with E-state index in [9.17, 15) is 9.59 Å². The molecule has 0 saturated carbocycles. The summed E-state index contributed by atoms with van der Waals surface area (Å²) in [6.07, 6.45) is 0. The van der Waals surface area contributed by atoms with Crippen molar-refractivity contribution in [1.82, 2.24) is 0 Å². The first-order chi connectivity index (χ1) is 7.31. The first kappa shape index (κ1) is 12.2. The van der Waals surface area contributed by atoms with Gasteiger partial charge in [-0.25, -0.2) is 9.59 Å². The summed E-state index contributed by atoms with van der Waals surface area (Å²) < 4.78 is 4.22. The second-order valence-electron chi connectivity index (χ2n) is 3.17. The van der Waals surface area contributed by atoms with Crippen LogP contribution in [-0.2, 0) is 4.74 Å². The van der Waals surface area contributed by atoms with E-state index < -0.39 is 17.9 Å². The van der Waals surface area contributed by atoms with Crippen LogP contribution < -0.4 is 0 Å². The lowest BCUT2D eigenvalue weighted by atomic mass is 10.1. The summed E-state index contributed by atoms with van der Waals surface area (Å²) in [6.45, 7) is 0.842. The van der Waals surface area contributed by atoms with Crippen LogP contribution in [0.5, 0.6) is 0 Å². The normalized spacial score (nSPS) is 10.9. The SMILES string of the molecule is CC(O)(O)OC(=O)c1ccccc1C(=O)O. The number of carbonyl (C=O) groups is 2. The Labute approximate surface area is 90.7 Å². The van der Waals surface area contributed by atoms with Crippen molar-refractivity contribution in [3.8, 4) is 0 Å². The van der Waals surface area contributed by atoms with Gasteiger partial charge in [0.05, 0.1) is 11.1 Å². The highest BCUT2D eigenvalue weighted by Crippen LogP contribution is 2.13. The maximum Gasteiger partial charge on any atom is 0.343 e. The number of ether oxygens (including phenoxy) is 1. The van der Waals surface area contributed by atoms with Gasteiger partial charge in [-0.05, 0) is 12.1 Å². The Morgan fingerprint density at radius 1 is 1.19 bits per heavy atom. The average Bonchev–Trinajstić information content (AvgIpc) is 2.15. The van der Waals surface area contributed by atoms with Gasteiger partial charge in [0.1, 0.15) is 0 Å². The van der Waals surface area contributed by atoms with E-state index in [0.29, 0.717) is 0 Å². The van der Waals surface area contributed by atoms with Crippen molar-refractivity contribution in [2.24, 2.45) is 0 Å². The van der Waals surface area contributed by atoms with Crippen molar-refractivity contribution in [3.63, 3.8) is 0 Å². The van der Waals surface area contributed by atoms with Crippen LogP contribution in [0.25, 0.3) is 0 Å². The zero-order chi connectivity index (χ0) is 12.3. The topological polar surface area (TPSA) is 104 Å². The third-order valence-corrected chi connectivity index (χ3v) is 1.66. The molecule has 0 bridgehead atoms. The molecule has 0 spiro atoms. The third kappa shape index (κ3) is 3.04. The summed E-state index contributed by atoms with van der Waals surface area (Å²) in [4.78, 5) is 22.1. The Morgan fingerprint density at radius 3 is 2.12 bits per heavy atom. The average molecular weight is 226 g/mol. The standard InChI is InChI=1S/C10H10O6/c1-10(14,15)16-9(13)7-5-3-2-4-6(7)8(11)12/h2-5,14-15H,1H3,(H,11,12). The number of hydrogen-bond acceptors (Lipinski definition) is 5. The quantitative estimate of drug-likeness (QED) is 0.502. The fourth-order valence-electron chi connectivity index (χ4n) is 1.08. The zero-order valence-electron chi connectivity index (χ0n) is 8.38. The van der Waals surface area contributed by atoms with Gasteiger partial charge in [0.15, 0.2) is 0 Å². The van der Waals surface area contributed by atoms with Gasteiger partial charge in [-0.2, -0.15) is 0 Å². The molecule has 1 rings (SSSR count). The predicted octanol–water partition coefficient (Wildman–Crippen LogP) is 0.200. The second-order valence-corrected chi connectivity index (χ2v) is 3.17. The van der Waals surface area contributed by atoms with E-state index in [2.05, 4.69) is 4.74 Å². The Hall–Kier alpha value is -1.92. The summed E-state index contributed by atoms with van der Waals surface area (Å²) in [5, 5.41) is 26.5. The number of esters is 1. The van der Waals surface area contributed by atoms with E-state index in [1.54, 1.807) is 0 Å². The molecule has 0 atom stereocenters. The summed E-state index contributed by atoms with van der Waals surface area (Å²) in [7, 11) is 0. The highest BCUT2D eigenvalue weighted by molar-refractivity contribution is 6.02. The Bertz CT molecular complexity index is 418. The monoisotopic (exact) mass is 226 g/mol. The minimum atomic E-state index is -2.64. The molecule has 0 aromatic heterocycles. The summed E-state index contributed by atoms with van der Waals surface area (Å²) >= 11 is 0. The Morgan fingerprint density at radius 2 is 1.69 bits per heavy atom. The van der Waals surface area contributed by atoms with E-state index in [4.69, 9.17) is 15.3 Å². The van der Waals surface area contributed by atoms with Crippen LogP contribution in [0.15, 0.2) is 24.3 Å². The first-order valence-corrected chi connectivity index (χ1v) is 4.31. The van der Waals surface area contributed by atoms with Crippen molar-refractivity contribution in [3.05, 3.63) is 35.4 Å². The molecule has 1 aromatic rings. The molecule has 1 aromatic carbocycles. The molecule has 86 valence electrons. The third-order valence-electron chi connectivity index (χ3n) is 1.66. The smallest absolute Gasteiger partial charge is 0.343 e. The fraction of sp³-hybridized carbons (Fsp3) is 0.200. The summed E-state index contributed by atoms with van der Waals surface area (Å²) in [5.41, 5.74) is -0.513. The van der Waals surface area contributed by atoms with Gasteiger partial charge in [0, 0.05) is 6.92 Å². The molecule has 0 aliphatic rings. The van der Waals surface area contributed by atoms with Crippen LogP contribution in [0.4, 0.5) is 0 Å². The van der Waals surface area contributed by atoms with Crippen molar-refractivity contribution in [2.75, 3.05) is 0 Å². The molecule has 16 heavy (non-hydrogen) atoms. The number of hydrogen-bond donors (Lipinski definition) is 3. The molecule has 0 aliphatic heterocycles. The highest BCUT2D eigenvalue weighted by Gasteiger charge is 2.25. The second kappa shape index (κ2) is 4.30. The van der Waals surface area contributed by atoms with Crippen molar-refractivity contribution in [2.45, 2.75) is 12.9 Å². The van der Waals surface area contributed by atoms with E-state index >= 15 is 0 Å². The molecule has 0 aliphatic carbocycles. The number of rotatable bonds is 3. The lowest BCUT2D eigenvalue weighted by Gasteiger charge is -2.16. The lowest BCUT2D eigenvalue weighted by molar-refractivity contribution is -0.293. The largest absolute Gasteiger partial charge is 0.478 e. The molecule has 3 N–H and O–H groups in total. The van der Waals surface area contributed by atoms with Crippen molar-refractivity contribution in [1.29, 1.82) is 0 Å². The number of benzene rings is 1. The molecular formula is C10H10O6. The summed E-state index contributed by atoms with van der Waals surface area (Å²) in [5.74, 6) is -5.06. The van der Waals surface area contributed by atoms with Crippen molar-refractivity contribution < 1.29 is 29.6 Å². The predicted molar refractivity (Wildman–Crippen MR) is 51.7 cm³/mol. The molecule has 0 heterocycles. The molecule has 0 saturated heterocycles.